The van der Waals surface area contributed by atoms with Gasteiger partial charge in [0, 0.05) is 18.0 Å². The Hall–Kier alpha value is -2.83. The van der Waals surface area contributed by atoms with Crippen molar-refractivity contribution in [3.8, 4) is 11.5 Å². The fourth-order valence-corrected chi connectivity index (χ4v) is 2.27. The Kier molecular flexibility index (Phi) is 6.16. The third-order valence-electron chi connectivity index (χ3n) is 3.92. The fraction of sp³-hybridized carbons (Fsp3) is 0.389. The highest BCUT2D eigenvalue weighted by Gasteiger charge is 2.19. The predicted molar refractivity (Wildman–Crippen MR) is 94.0 cm³/mol. The fourth-order valence-electron chi connectivity index (χ4n) is 2.27. The Bertz CT molecular complexity index is 801. The number of amides is 1. The Morgan fingerprint density at radius 1 is 1.36 bits per heavy atom. The number of hydrogen-bond acceptors (Lipinski definition) is 5. The first-order valence-corrected chi connectivity index (χ1v) is 8.29. The van der Waals surface area contributed by atoms with E-state index in [4.69, 9.17) is 4.74 Å². The number of aromatic hydroxyl groups is 1. The van der Waals surface area contributed by atoms with Gasteiger partial charge in [0.05, 0.1) is 6.61 Å². The molecule has 134 valence electrons. The van der Waals surface area contributed by atoms with Crippen LogP contribution in [0.5, 0.6) is 11.5 Å². The van der Waals surface area contributed by atoms with E-state index in [0.717, 1.165) is 12.0 Å². The van der Waals surface area contributed by atoms with E-state index in [1.165, 1.54) is 0 Å². The van der Waals surface area contributed by atoms with Crippen LogP contribution in [0.3, 0.4) is 0 Å². The number of aromatic nitrogens is 2. The van der Waals surface area contributed by atoms with E-state index < -0.39 is 17.2 Å². The number of para-hydroxylation sites is 1. The van der Waals surface area contributed by atoms with Crippen LogP contribution in [0.15, 0.2) is 29.1 Å². The van der Waals surface area contributed by atoms with Crippen LogP contribution in [0.2, 0.25) is 0 Å². The average Bonchev–Trinajstić information content (AvgIpc) is 2.62. The third-order valence-corrected chi connectivity index (χ3v) is 3.92. The number of H-pyrrole nitrogens is 1. The molecule has 0 spiro atoms. The smallest absolute Gasteiger partial charge is 0.293 e. The summed E-state index contributed by atoms with van der Waals surface area (Å²) in [4.78, 5) is 30.9. The second-order valence-corrected chi connectivity index (χ2v) is 5.68. The van der Waals surface area contributed by atoms with E-state index in [-0.39, 0.29) is 18.2 Å². The number of ether oxygens (including phenoxy) is 1. The Balaban J connectivity index is 2.21. The maximum absolute atomic E-state index is 12.4. The molecule has 1 atom stereocenters. The van der Waals surface area contributed by atoms with Crippen molar-refractivity contribution in [1.82, 2.24) is 15.3 Å². The van der Waals surface area contributed by atoms with Crippen LogP contribution in [0, 0.1) is 0 Å². The molecule has 0 saturated carbocycles. The summed E-state index contributed by atoms with van der Waals surface area (Å²) in [6, 6.07) is 7.34. The van der Waals surface area contributed by atoms with E-state index in [1.807, 2.05) is 45.0 Å². The summed E-state index contributed by atoms with van der Waals surface area (Å²) in [5.74, 6) is -0.264. The standard InChI is InChI=1S/C18H23N3O4/c1-4-11(3)16-20-14(15(22)18(24)21-16)17(23)19-10-12-8-6-7-9-13(12)25-5-2/h6-9,11,22H,4-5,10H2,1-3H3,(H,19,23)(H,20,21,24). The van der Waals surface area contributed by atoms with E-state index in [9.17, 15) is 14.7 Å². The minimum atomic E-state index is -0.717. The second kappa shape index (κ2) is 8.32. The molecule has 7 heteroatoms. The molecule has 1 aromatic heterocycles. The third kappa shape index (κ3) is 4.37. The minimum absolute atomic E-state index is 0.0291. The van der Waals surface area contributed by atoms with E-state index in [0.29, 0.717) is 18.2 Å². The molecule has 25 heavy (non-hydrogen) atoms. The molecule has 2 aromatic rings. The van der Waals surface area contributed by atoms with Gasteiger partial charge in [0.15, 0.2) is 5.69 Å². The first kappa shape index (κ1) is 18.5. The molecule has 1 amide bonds. The summed E-state index contributed by atoms with van der Waals surface area (Å²) in [5, 5.41) is 12.6. The van der Waals surface area contributed by atoms with Gasteiger partial charge < -0.3 is 20.1 Å². The summed E-state index contributed by atoms with van der Waals surface area (Å²) in [6.45, 7) is 6.42. The number of benzene rings is 1. The number of carbonyl (C=O) groups excluding carboxylic acids is 1. The van der Waals surface area contributed by atoms with Crippen LogP contribution < -0.4 is 15.6 Å². The lowest BCUT2D eigenvalue weighted by Crippen LogP contribution is -2.27. The number of aromatic amines is 1. The largest absolute Gasteiger partial charge is 0.501 e. The van der Waals surface area contributed by atoms with E-state index in [1.54, 1.807) is 0 Å². The minimum Gasteiger partial charge on any atom is -0.501 e. The van der Waals surface area contributed by atoms with Gasteiger partial charge in [-0.15, -0.1) is 0 Å². The van der Waals surface area contributed by atoms with Gasteiger partial charge in [0.1, 0.15) is 11.6 Å². The number of nitrogens with zero attached hydrogens (tertiary/aromatic N) is 1. The molecule has 1 aromatic carbocycles. The number of rotatable bonds is 7. The van der Waals surface area contributed by atoms with Crippen molar-refractivity contribution in [2.45, 2.75) is 39.7 Å². The van der Waals surface area contributed by atoms with Gasteiger partial charge in [0.25, 0.3) is 11.5 Å². The molecule has 0 fully saturated rings. The van der Waals surface area contributed by atoms with E-state index in [2.05, 4.69) is 15.3 Å². The maximum atomic E-state index is 12.4. The van der Waals surface area contributed by atoms with Crippen LogP contribution >= 0.6 is 0 Å². The highest BCUT2D eigenvalue weighted by molar-refractivity contribution is 5.94. The molecule has 0 aliphatic rings. The lowest BCUT2D eigenvalue weighted by Gasteiger charge is -2.12. The first-order valence-electron chi connectivity index (χ1n) is 8.29. The van der Waals surface area contributed by atoms with Crippen molar-refractivity contribution in [3.63, 3.8) is 0 Å². The quantitative estimate of drug-likeness (QED) is 0.714. The topological polar surface area (TPSA) is 104 Å². The lowest BCUT2D eigenvalue weighted by atomic mass is 10.1. The van der Waals surface area contributed by atoms with Gasteiger partial charge in [-0.05, 0) is 19.4 Å². The molecular weight excluding hydrogens is 322 g/mol. The predicted octanol–water partition coefficient (Wildman–Crippen LogP) is 2.32. The molecule has 7 nitrogen and oxygen atoms in total. The summed E-state index contributed by atoms with van der Waals surface area (Å²) in [6.07, 6.45) is 0.747. The highest BCUT2D eigenvalue weighted by atomic mass is 16.5. The molecule has 1 unspecified atom stereocenters. The Morgan fingerprint density at radius 3 is 2.76 bits per heavy atom. The van der Waals surface area contributed by atoms with Gasteiger partial charge in [-0.2, -0.15) is 0 Å². The highest BCUT2D eigenvalue weighted by Crippen LogP contribution is 2.19. The summed E-state index contributed by atoms with van der Waals surface area (Å²) in [7, 11) is 0. The second-order valence-electron chi connectivity index (χ2n) is 5.68. The number of nitrogens with one attached hydrogen (secondary N) is 2. The maximum Gasteiger partial charge on any atom is 0.293 e. The first-order chi connectivity index (χ1) is 12.0. The molecule has 2 rings (SSSR count). The monoisotopic (exact) mass is 345 g/mol. The van der Waals surface area contributed by atoms with E-state index >= 15 is 0 Å². The van der Waals surface area contributed by atoms with Crippen LogP contribution in [-0.4, -0.2) is 27.6 Å². The summed E-state index contributed by atoms with van der Waals surface area (Å²) >= 11 is 0. The lowest BCUT2D eigenvalue weighted by molar-refractivity contribution is 0.0941. The number of hydrogen-bond donors (Lipinski definition) is 3. The zero-order chi connectivity index (χ0) is 18.4. The Labute approximate surface area is 146 Å². The summed E-state index contributed by atoms with van der Waals surface area (Å²) in [5.41, 5.74) is -0.192. The average molecular weight is 345 g/mol. The van der Waals surface area contributed by atoms with Crippen LogP contribution in [0.25, 0.3) is 0 Å². The van der Waals surface area contributed by atoms with Crippen molar-refractivity contribution in [2.24, 2.45) is 0 Å². The van der Waals surface area contributed by atoms with Crippen molar-refractivity contribution in [3.05, 3.63) is 51.7 Å². The molecule has 0 radical (unpaired) electrons. The van der Waals surface area contributed by atoms with Crippen molar-refractivity contribution < 1.29 is 14.6 Å². The van der Waals surface area contributed by atoms with Gasteiger partial charge in [0.2, 0.25) is 5.75 Å². The van der Waals surface area contributed by atoms with Gasteiger partial charge >= 0.3 is 0 Å². The molecule has 0 aliphatic carbocycles. The molecule has 0 saturated heterocycles. The molecule has 0 aliphatic heterocycles. The normalized spacial score (nSPS) is 11.8. The summed E-state index contributed by atoms with van der Waals surface area (Å²) < 4.78 is 5.51. The van der Waals surface area contributed by atoms with Crippen molar-refractivity contribution in [1.29, 1.82) is 0 Å². The molecule has 1 heterocycles. The van der Waals surface area contributed by atoms with Gasteiger partial charge in [-0.1, -0.05) is 32.0 Å². The van der Waals surface area contributed by atoms with Gasteiger partial charge in [-0.25, -0.2) is 4.98 Å². The molecular formula is C18H23N3O4. The molecule has 0 bridgehead atoms. The number of carbonyl (C=O) groups is 1. The molecule has 3 N–H and O–H groups in total. The van der Waals surface area contributed by atoms with Crippen molar-refractivity contribution >= 4 is 5.91 Å². The van der Waals surface area contributed by atoms with Crippen LogP contribution in [0.4, 0.5) is 0 Å². The zero-order valence-electron chi connectivity index (χ0n) is 14.6. The zero-order valence-corrected chi connectivity index (χ0v) is 14.6. The Morgan fingerprint density at radius 2 is 2.08 bits per heavy atom. The van der Waals surface area contributed by atoms with Crippen LogP contribution in [0.1, 0.15) is 55.0 Å². The van der Waals surface area contributed by atoms with Gasteiger partial charge in [-0.3, -0.25) is 9.59 Å². The van der Waals surface area contributed by atoms with Crippen LogP contribution in [-0.2, 0) is 6.54 Å². The SMILES string of the molecule is CCOc1ccccc1CNC(=O)c1nc(C(C)CC)[nH]c(=O)c1O. The van der Waals surface area contributed by atoms with Crippen molar-refractivity contribution in [2.75, 3.05) is 6.61 Å².